The van der Waals surface area contributed by atoms with Crippen molar-refractivity contribution in [2.24, 2.45) is 0 Å². The van der Waals surface area contributed by atoms with Crippen molar-refractivity contribution >= 4 is 39.3 Å². The summed E-state index contributed by atoms with van der Waals surface area (Å²) < 4.78 is 31.5. The van der Waals surface area contributed by atoms with Gasteiger partial charge in [0.1, 0.15) is 11.6 Å². The Bertz CT molecular complexity index is 966. The zero-order chi connectivity index (χ0) is 21.7. The summed E-state index contributed by atoms with van der Waals surface area (Å²) in [6.45, 7) is 0. The highest BCUT2D eigenvalue weighted by molar-refractivity contribution is 6.69. The molecule has 0 atom stereocenters. The van der Waals surface area contributed by atoms with Crippen LogP contribution in [-0.4, -0.2) is 10.5 Å². The summed E-state index contributed by atoms with van der Waals surface area (Å²) in [7, 11) is 0. The van der Waals surface area contributed by atoms with Crippen molar-refractivity contribution in [3.63, 3.8) is 0 Å². The number of carbonyl (C=O) groups excluding carboxylic acids is 2. The Morgan fingerprint density at radius 1 is 0.767 bits per heavy atom. The normalized spacial score (nSPS) is 19.8. The fraction of sp³-hybridized carbons (Fsp3) is 0.333. The minimum absolute atomic E-state index is 0.118. The van der Waals surface area contributed by atoms with E-state index in [-0.39, 0.29) is 16.7 Å². The maximum absolute atomic E-state index is 15.8. The Kier molecular flexibility index (Phi) is 7.79. The molecule has 6 heteroatoms. The van der Waals surface area contributed by atoms with E-state index in [9.17, 15) is 9.59 Å². The monoisotopic (exact) mass is 450 g/mol. The molecule has 0 unspecified atom stereocenters. The van der Waals surface area contributed by atoms with Gasteiger partial charge in [-0.15, -0.1) is 0 Å². The molecular weight excluding hydrogens is 429 g/mol. The Balaban J connectivity index is 2.30. The Morgan fingerprint density at radius 3 is 1.97 bits per heavy atom. The van der Waals surface area contributed by atoms with Crippen LogP contribution >= 0.6 is 23.2 Å². The number of hydrogen-bond donors (Lipinski definition) is 0. The second-order valence-corrected chi connectivity index (χ2v) is 8.19. The van der Waals surface area contributed by atoms with Gasteiger partial charge in [-0.2, -0.15) is 0 Å². The molecular formula is C24H22Cl2F2O2. The van der Waals surface area contributed by atoms with E-state index in [1.54, 1.807) is 30.4 Å². The number of allylic oxidation sites excluding steroid dienone is 8. The standard InChI is InChI=1S/C24H22Cl2F2O2/c25-23(29)19-17(15-11-7-3-1-4-8-12-15)21(27)20(24(26)30)18(22(19)28)16-13-9-5-2-6-10-14-16/h1,3-4,7-8,11-12,16H,2,5-6,9-10,13-14H2/b3-1-,4-1?,7-3?,8-4-,11-7?,12-8?,15-11?,15-12?. The summed E-state index contributed by atoms with van der Waals surface area (Å²) in [5.74, 6) is -2.35. The third kappa shape index (κ3) is 4.81. The van der Waals surface area contributed by atoms with Crippen LogP contribution in [0.2, 0.25) is 0 Å². The highest BCUT2D eigenvalue weighted by Crippen LogP contribution is 2.41. The molecule has 158 valence electrons. The summed E-state index contributed by atoms with van der Waals surface area (Å²) in [6.07, 6.45) is 17.4. The van der Waals surface area contributed by atoms with Crippen molar-refractivity contribution in [1.82, 2.24) is 0 Å². The molecule has 0 amide bonds. The average Bonchev–Trinajstić information content (AvgIpc) is 2.62. The molecule has 2 aliphatic carbocycles. The van der Waals surface area contributed by atoms with Crippen LogP contribution in [0.25, 0.3) is 5.57 Å². The van der Waals surface area contributed by atoms with Gasteiger partial charge in [-0.25, -0.2) is 8.78 Å². The maximum atomic E-state index is 15.8. The fourth-order valence-electron chi connectivity index (χ4n) is 4.22. The highest BCUT2D eigenvalue weighted by atomic mass is 35.5. The van der Waals surface area contributed by atoms with Gasteiger partial charge in [-0.3, -0.25) is 9.59 Å². The van der Waals surface area contributed by atoms with Gasteiger partial charge in [0.05, 0.1) is 11.1 Å². The number of carbonyl (C=O) groups is 2. The van der Waals surface area contributed by atoms with Gasteiger partial charge in [0, 0.05) is 11.1 Å². The number of halogens is 4. The minimum atomic E-state index is -1.11. The lowest BCUT2D eigenvalue weighted by atomic mass is 9.80. The van der Waals surface area contributed by atoms with Gasteiger partial charge in [-0.05, 0) is 47.5 Å². The lowest BCUT2D eigenvalue weighted by Gasteiger charge is -2.25. The number of hydrogen-bond acceptors (Lipinski definition) is 2. The van der Waals surface area contributed by atoms with Crippen LogP contribution in [-0.2, 0) is 0 Å². The summed E-state index contributed by atoms with van der Waals surface area (Å²) >= 11 is 11.5. The van der Waals surface area contributed by atoms with Crippen LogP contribution in [0.15, 0.2) is 42.5 Å². The van der Waals surface area contributed by atoms with Crippen LogP contribution < -0.4 is 0 Å². The van der Waals surface area contributed by atoms with E-state index in [0.717, 1.165) is 32.1 Å². The number of rotatable bonds is 4. The molecule has 1 saturated carbocycles. The first-order valence-corrected chi connectivity index (χ1v) is 10.9. The molecule has 0 radical (unpaired) electrons. The average molecular weight is 451 g/mol. The van der Waals surface area contributed by atoms with Crippen LogP contribution in [0.1, 0.15) is 82.7 Å². The molecule has 2 nitrogen and oxygen atoms in total. The zero-order valence-electron chi connectivity index (χ0n) is 16.4. The Labute approximate surface area is 184 Å². The molecule has 0 heterocycles. The van der Waals surface area contributed by atoms with E-state index in [0.29, 0.717) is 12.8 Å². The van der Waals surface area contributed by atoms with Gasteiger partial charge < -0.3 is 0 Å². The summed E-state index contributed by atoms with van der Waals surface area (Å²) in [5, 5.41) is -2.19. The SMILES string of the molecule is O=C(Cl)c1c(F)c(C2CCCCCCC2)c(C(=O)Cl)c(F)c1C1=C/C=C\C=C/C=C1. The first kappa shape index (κ1) is 22.6. The van der Waals surface area contributed by atoms with Gasteiger partial charge >= 0.3 is 0 Å². The molecule has 0 N–H and O–H groups in total. The predicted molar refractivity (Wildman–Crippen MR) is 117 cm³/mol. The van der Waals surface area contributed by atoms with E-state index >= 15 is 8.78 Å². The largest absolute Gasteiger partial charge is 0.275 e. The summed E-state index contributed by atoms with van der Waals surface area (Å²) in [6, 6.07) is 0. The van der Waals surface area contributed by atoms with Crippen molar-refractivity contribution in [1.29, 1.82) is 0 Å². The third-order valence-corrected chi connectivity index (χ3v) is 5.98. The van der Waals surface area contributed by atoms with E-state index < -0.39 is 39.2 Å². The lowest BCUT2D eigenvalue weighted by Crippen LogP contribution is -2.18. The predicted octanol–water partition coefficient (Wildman–Crippen LogP) is 7.62. The van der Waals surface area contributed by atoms with Crippen molar-refractivity contribution in [3.8, 4) is 0 Å². The molecule has 0 saturated heterocycles. The second-order valence-electron chi connectivity index (χ2n) is 7.51. The van der Waals surface area contributed by atoms with Crippen LogP contribution in [0.3, 0.4) is 0 Å². The highest BCUT2D eigenvalue weighted by Gasteiger charge is 2.34. The van der Waals surface area contributed by atoms with E-state index in [2.05, 4.69) is 0 Å². The van der Waals surface area contributed by atoms with Gasteiger partial charge in [-0.1, -0.05) is 74.6 Å². The smallest absolute Gasteiger partial charge is 0.256 e. The Hall–Kier alpha value is -2.04. The summed E-state index contributed by atoms with van der Waals surface area (Å²) in [4.78, 5) is 24.5. The molecule has 0 aromatic heterocycles. The molecule has 2 aliphatic rings. The third-order valence-electron chi connectivity index (χ3n) is 5.61. The number of benzene rings is 1. The van der Waals surface area contributed by atoms with Gasteiger partial charge in [0.15, 0.2) is 0 Å². The lowest BCUT2D eigenvalue weighted by molar-refractivity contribution is 0.106. The first-order valence-electron chi connectivity index (χ1n) is 10.1. The molecule has 1 fully saturated rings. The van der Waals surface area contributed by atoms with E-state index in [1.165, 1.54) is 12.2 Å². The van der Waals surface area contributed by atoms with Crippen LogP contribution in [0, 0.1) is 11.6 Å². The van der Waals surface area contributed by atoms with E-state index in [1.807, 2.05) is 0 Å². The van der Waals surface area contributed by atoms with E-state index in [4.69, 9.17) is 23.2 Å². The van der Waals surface area contributed by atoms with Crippen molar-refractivity contribution in [2.45, 2.75) is 50.9 Å². The molecule has 0 spiro atoms. The molecule has 30 heavy (non-hydrogen) atoms. The van der Waals surface area contributed by atoms with Crippen LogP contribution in [0.5, 0.6) is 0 Å². The molecule has 0 aliphatic heterocycles. The first-order chi connectivity index (χ1) is 14.4. The fourth-order valence-corrected chi connectivity index (χ4v) is 4.58. The molecule has 1 aromatic carbocycles. The molecule has 0 bridgehead atoms. The van der Waals surface area contributed by atoms with Gasteiger partial charge in [0.2, 0.25) is 0 Å². The topological polar surface area (TPSA) is 34.1 Å². The van der Waals surface area contributed by atoms with Crippen molar-refractivity contribution in [2.75, 3.05) is 0 Å². The quantitative estimate of drug-likeness (QED) is 0.442. The Morgan fingerprint density at radius 2 is 1.33 bits per heavy atom. The molecule has 1 aromatic rings. The van der Waals surface area contributed by atoms with Gasteiger partial charge in [0.25, 0.3) is 10.5 Å². The summed E-state index contributed by atoms with van der Waals surface area (Å²) in [5.41, 5.74) is -1.29. The van der Waals surface area contributed by atoms with Crippen molar-refractivity contribution in [3.05, 3.63) is 76.4 Å². The van der Waals surface area contributed by atoms with Crippen molar-refractivity contribution < 1.29 is 18.4 Å². The minimum Gasteiger partial charge on any atom is -0.275 e. The zero-order valence-corrected chi connectivity index (χ0v) is 17.9. The maximum Gasteiger partial charge on any atom is 0.256 e. The van der Waals surface area contributed by atoms with Crippen LogP contribution in [0.4, 0.5) is 8.78 Å². The second kappa shape index (κ2) is 10.3. The molecule has 3 rings (SSSR count).